The van der Waals surface area contributed by atoms with Crippen molar-refractivity contribution in [2.75, 3.05) is 12.3 Å². The highest BCUT2D eigenvalue weighted by molar-refractivity contribution is 9.09. The molecule has 7 nitrogen and oxygen atoms in total. The molecule has 1 unspecified atom stereocenters. The fourth-order valence-electron chi connectivity index (χ4n) is 2.11. The number of anilines is 1. The van der Waals surface area contributed by atoms with Gasteiger partial charge in [-0.2, -0.15) is 0 Å². The zero-order chi connectivity index (χ0) is 13.6. The number of nitrogen functional groups attached to an aromatic ring is 1. The summed E-state index contributed by atoms with van der Waals surface area (Å²) in [4.78, 5) is 11.3. The minimum Gasteiger partial charge on any atom is -0.394 e. The van der Waals surface area contributed by atoms with E-state index >= 15 is 0 Å². The topological polar surface area (TPSA) is 99.1 Å². The van der Waals surface area contributed by atoms with E-state index in [-0.39, 0.29) is 12.4 Å². The molecule has 0 spiro atoms. The summed E-state index contributed by atoms with van der Waals surface area (Å²) in [5.74, 6) is 0.228. The van der Waals surface area contributed by atoms with Crippen molar-refractivity contribution in [3.8, 4) is 0 Å². The number of ether oxygens (including phenoxy) is 1. The van der Waals surface area contributed by atoms with Gasteiger partial charge in [-0.25, -0.2) is 19.3 Å². The van der Waals surface area contributed by atoms with Gasteiger partial charge in [-0.1, -0.05) is 15.9 Å². The molecule has 0 aromatic carbocycles. The summed E-state index contributed by atoms with van der Waals surface area (Å²) >= 11 is 3.18. The van der Waals surface area contributed by atoms with Crippen molar-refractivity contribution in [2.45, 2.75) is 23.3 Å². The molecular weight excluding hydrogens is 321 g/mol. The molecule has 0 radical (unpaired) electrons. The number of fused-ring (bicyclic) bond motifs is 1. The lowest BCUT2D eigenvalue weighted by molar-refractivity contribution is -0.0347. The molecule has 19 heavy (non-hydrogen) atoms. The molecule has 9 heteroatoms. The maximum atomic E-state index is 14.2. The Balaban J connectivity index is 2.04. The van der Waals surface area contributed by atoms with Crippen LogP contribution in [-0.2, 0) is 4.74 Å². The summed E-state index contributed by atoms with van der Waals surface area (Å²) < 4.78 is 21.1. The normalized spacial score (nSPS) is 31.1. The van der Waals surface area contributed by atoms with E-state index in [2.05, 4.69) is 30.9 Å². The zero-order valence-electron chi connectivity index (χ0n) is 9.65. The lowest BCUT2D eigenvalue weighted by atomic mass is 10.2. The highest BCUT2D eigenvalue weighted by Crippen LogP contribution is 2.37. The number of rotatable bonds is 2. The number of aliphatic hydroxyl groups excluding tert-OH is 1. The Kier molecular flexibility index (Phi) is 3.11. The maximum absolute atomic E-state index is 14.2. The van der Waals surface area contributed by atoms with Crippen molar-refractivity contribution >= 4 is 32.9 Å². The molecule has 0 saturated carbocycles. The molecule has 3 N–H and O–H groups in total. The predicted octanol–water partition coefficient (Wildman–Crippen LogP) is 0.400. The van der Waals surface area contributed by atoms with Crippen LogP contribution < -0.4 is 5.73 Å². The van der Waals surface area contributed by atoms with E-state index in [4.69, 9.17) is 15.6 Å². The van der Waals surface area contributed by atoms with Crippen molar-refractivity contribution in [3.63, 3.8) is 0 Å². The summed E-state index contributed by atoms with van der Waals surface area (Å²) in [6.07, 6.45) is -0.150. The van der Waals surface area contributed by atoms with Crippen LogP contribution in [-0.4, -0.2) is 48.3 Å². The molecule has 0 aliphatic carbocycles. The minimum absolute atomic E-state index is 0.228. The van der Waals surface area contributed by atoms with Gasteiger partial charge in [0.2, 0.25) is 0 Å². The average Bonchev–Trinajstić information content (AvgIpc) is 2.94. The van der Waals surface area contributed by atoms with Crippen molar-refractivity contribution < 1.29 is 14.2 Å². The molecule has 3 rings (SSSR count). The Morgan fingerprint density at radius 3 is 2.95 bits per heavy atom. The molecule has 1 aliphatic heterocycles. The Morgan fingerprint density at radius 2 is 2.26 bits per heavy atom. The third-order valence-electron chi connectivity index (χ3n) is 3.09. The van der Waals surface area contributed by atoms with Crippen LogP contribution in [0.5, 0.6) is 0 Å². The number of hydrogen-bond donors (Lipinski definition) is 2. The number of alkyl halides is 2. The van der Waals surface area contributed by atoms with Gasteiger partial charge in [0, 0.05) is 0 Å². The fraction of sp³-hybridized carbons (Fsp3) is 0.500. The van der Waals surface area contributed by atoms with Crippen LogP contribution >= 0.6 is 15.9 Å². The largest absolute Gasteiger partial charge is 0.394 e. The number of aromatic nitrogens is 4. The van der Waals surface area contributed by atoms with Crippen molar-refractivity contribution in [1.29, 1.82) is 0 Å². The standard InChI is InChI=1S/C10H11BrFN5O2/c11-5-4(1-18)19-10(6(5)12)17-3-16-7-8(13)14-2-15-9(7)17/h2-6,10,18H,1H2,(H2,13,14,15)/t4-,5-,6?,10-/m1/s1. The van der Waals surface area contributed by atoms with E-state index < -0.39 is 23.3 Å². The lowest BCUT2D eigenvalue weighted by Crippen LogP contribution is -2.24. The van der Waals surface area contributed by atoms with Crippen LogP contribution in [0, 0.1) is 0 Å². The summed E-state index contributed by atoms with van der Waals surface area (Å²) in [5.41, 5.74) is 6.47. The summed E-state index contributed by atoms with van der Waals surface area (Å²) in [6, 6.07) is 0. The molecule has 1 saturated heterocycles. The first-order valence-corrected chi connectivity index (χ1v) is 6.52. The summed E-state index contributed by atoms with van der Waals surface area (Å²) in [6.45, 7) is -0.267. The van der Waals surface area contributed by atoms with Gasteiger partial charge in [0.25, 0.3) is 0 Å². The maximum Gasteiger partial charge on any atom is 0.169 e. The Labute approximate surface area is 115 Å². The summed E-state index contributed by atoms with van der Waals surface area (Å²) in [5, 5.41) is 9.13. The smallest absolute Gasteiger partial charge is 0.169 e. The first-order chi connectivity index (χ1) is 9.13. The monoisotopic (exact) mass is 331 g/mol. The summed E-state index contributed by atoms with van der Waals surface area (Å²) in [7, 11) is 0. The second-order valence-corrected chi connectivity index (χ2v) is 5.28. The quantitative estimate of drug-likeness (QED) is 0.773. The SMILES string of the molecule is Nc1ncnc2c1ncn2[C@@H]1O[C@H](CO)[C@@H](Br)C1F. The van der Waals surface area contributed by atoms with Crippen LogP contribution in [0.25, 0.3) is 11.2 Å². The van der Waals surface area contributed by atoms with Gasteiger partial charge in [0.15, 0.2) is 23.9 Å². The third-order valence-corrected chi connectivity index (χ3v) is 4.18. The molecule has 102 valence electrons. The molecule has 0 bridgehead atoms. The number of imidazole rings is 1. The van der Waals surface area contributed by atoms with Crippen LogP contribution in [0.2, 0.25) is 0 Å². The van der Waals surface area contributed by atoms with Gasteiger partial charge in [-0.05, 0) is 0 Å². The Bertz CT molecular complexity index is 609. The van der Waals surface area contributed by atoms with Gasteiger partial charge < -0.3 is 15.6 Å². The van der Waals surface area contributed by atoms with E-state index in [0.29, 0.717) is 11.2 Å². The zero-order valence-corrected chi connectivity index (χ0v) is 11.2. The van der Waals surface area contributed by atoms with Gasteiger partial charge in [-0.3, -0.25) is 4.57 Å². The lowest BCUT2D eigenvalue weighted by Gasteiger charge is -2.15. The minimum atomic E-state index is -1.33. The van der Waals surface area contributed by atoms with E-state index in [0.717, 1.165) is 0 Å². The molecular formula is C10H11BrFN5O2. The second kappa shape index (κ2) is 4.66. The Hall–Kier alpha value is -1.32. The van der Waals surface area contributed by atoms with Crippen LogP contribution in [0.3, 0.4) is 0 Å². The van der Waals surface area contributed by atoms with E-state index in [1.807, 2.05) is 0 Å². The van der Waals surface area contributed by atoms with E-state index in [1.165, 1.54) is 17.2 Å². The van der Waals surface area contributed by atoms with Crippen LogP contribution in [0.1, 0.15) is 6.23 Å². The first kappa shape index (κ1) is 12.7. The molecule has 4 atom stereocenters. The number of nitrogens with zero attached hydrogens (tertiary/aromatic N) is 4. The van der Waals surface area contributed by atoms with Gasteiger partial charge in [0.05, 0.1) is 23.9 Å². The van der Waals surface area contributed by atoms with Gasteiger partial charge in [0.1, 0.15) is 11.8 Å². The molecule has 3 heterocycles. The highest BCUT2D eigenvalue weighted by atomic mass is 79.9. The number of hydrogen-bond acceptors (Lipinski definition) is 6. The third kappa shape index (κ3) is 1.88. The van der Waals surface area contributed by atoms with Crippen molar-refractivity contribution in [3.05, 3.63) is 12.7 Å². The van der Waals surface area contributed by atoms with Gasteiger partial charge >= 0.3 is 0 Å². The molecule has 2 aromatic heterocycles. The van der Waals surface area contributed by atoms with Crippen LogP contribution in [0.4, 0.5) is 10.2 Å². The number of halogens is 2. The molecule has 2 aromatic rings. The second-order valence-electron chi connectivity index (χ2n) is 4.22. The number of nitrogens with two attached hydrogens (primary N) is 1. The molecule has 1 aliphatic rings. The Morgan fingerprint density at radius 1 is 1.47 bits per heavy atom. The van der Waals surface area contributed by atoms with Crippen molar-refractivity contribution in [1.82, 2.24) is 19.5 Å². The highest BCUT2D eigenvalue weighted by Gasteiger charge is 2.44. The first-order valence-electron chi connectivity index (χ1n) is 5.61. The van der Waals surface area contributed by atoms with Gasteiger partial charge in [-0.15, -0.1) is 0 Å². The predicted molar refractivity (Wildman–Crippen MR) is 68.3 cm³/mol. The molecule has 1 fully saturated rings. The molecule has 0 amide bonds. The average molecular weight is 332 g/mol. The fourth-order valence-corrected chi connectivity index (χ4v) is 2.66. The number of aliphatic hydroxyl groups is 1. The van der Waals surface area contributed by atoms with Crippen LogP contribution in [0.15, 0.2) is 12.7 Å². The van der Waals surface area contributed by atoms with Crippen molar-refractivity contribution in [2.24, 2.45) is 0 Å². The van der Waals surface area contributed by atoms with E-state index in [9.17, 15) is 4.39 Å². The van der Waals surface area contributed by atoms with E-state index in [1.54, 1.807) is 0 Å².